The van der Waals surface area contributed by atoms with E-state index in [1.807, 2.05) is 24.3 Å². The third-order valence-electron chi connectivity index (χ3n) is 3.17. The number of rotatable bonds is 4. The Labute approximate surface area is 129 Å². The number of benzene rings is 1. The van der Waals surface area contributed by atoms with E-state index in [9.17, 15) is 4.79 Å². The number of anilines is 2. The molecule has 0 aliphatic rings. The summed E-state index contributed by atoms with van der Waals surface area (Å²) in [4.78, 5) is 16.4. The van der Waals surface area contributed by atoms with Crippen molar-refractivity contribution in [2.45, 2.75) is 19.8 Å². The van der Waals surface area contributed by atoms with E-state index in [1.165, 1.54) is 6.20 Å². The van der Waals surface area contributed by atoms with Gasteiger partial charge in [-0.15, -0.1) is 0 Å². The van der Waals surface area contributed by atoms with E-state index < -0.39 is 0 Å². The minimum Gasteiger partial charge on any atom is -0.372 e. The summed E-state index contributed by atoms with van der Waals surface area (Å²) in [6.07, 6.45) is 1.50. The number of nitrogens with one attached hydrogen (secondary N) is 2. The highest BCUT2D eigenvalue weighted by molar-refractivity contribution is 6.33. The van der Waals surface area contributed by atoms with Gasteiger partial charge in [-0.3, -0.25) is 4.79 Å². The van der Waals surface area contributed by atoms with E-state index in [-0.39, 0.29) is 5.91 Å². The maximum absolute atomic E-state index is 12.3. The van der Waals surface area contributed by atoms with Gasteiger partial charge in [0.25, 0.3) is 5.91 Å². The molecule has 0 saturated carbocycles. The molecule has 1 amide bonds. The molecule has 0 fully saturated rings. The molecule has 2 N–H and O–H groups in total. The lowest BCUT2D eigenvalue weighted by atomic mass is 10.0. The quantitative estimate of drug-likeness (QED) is 0.892. The van der Waals surface area contributed by atoms with Crippen molar-refractivity contribution in [2.75, 3.05) is 17.7 Å². The van der Waals surface area contributed by atoms with E-state index in [0.717, 1.165) is 11.3 Å². The second-order valence-electron chi connectivity index (χ2n) is 5.00. The Morgan fingerprint density at radius 2 is 2.00 bits per heavy atom. The summed E-state index contributed by atoms with van der Waals surface area (Å²) < 4.78 is 0. The molecule has 0 radical (unpaired) electrons. The van der Waals surface area contributed by atoms with Gasteiger partial charge in [0.2, 0.25) is 0 Å². The van der Waals surface area contributed by atoms with E-state index >= 15 is 0 Å². The van der Waals surface area contributed by atoms with Crippen molar-refractivity contribution in [1.29, 1.82) is 0 Å². The Balaban J connectivity index is 2.24. The minimum absolute atomic E-state index is 0.222. The molecule has 0 aliphatic carbocycles. The van der Waals surface area contributed by atoms with Gasteiger partial charge in [0.05, 0.1) is 10.6 Å². The SMILES string of the molecule is CNc1ncc(C(=O)Nc2ccccc2C(C)C)cc1Cl. The number of para-hydroxylation sites is 1. The van der Waals surface area contributed by atoms with Crippen LogP contribution in [0.4, 0.5) is 11.5 Å². The standard InChI is InChI=1S/C16H18ClN3O/c1-10(2)12-6-4-5-7-14(12)20-16(21)11-8-13(17)15(18-3)19-9-11/h4-10H,1-3H3,(H,18,19)(H,20,21). The third-order valence-corrected chi connectivity index (χ3v) is 3.46. The molecule has 0 bridgehead atoms. The van der Waals surface area contributed by atoms with Gasteiger partial charge in [0.1, 0.15) is 5.82 Å². The Morgan fingerprint density at radius 1 is 1.29 bits per heavy atom. The minimum atomic E-state index is -0.222. The number of hydrogen-bond acceptors (Lipinski definition) is 3. The fraction of sp³-hybridized carbons (Fsp3) is 0.250. The van der Waals surface area contributed by atoms with Crippen LogP contribution in [0.3, 0.4) is 0 Å². The van der Waals surface area contributed by atoms with E-state index in [0.29, 0.717) is 22.3 Å². The van der Waals surface area contributed by atoms with E-state index in [2.05, 4.69) is 29.5 Å². The summed E-state index contributed by atoms with van der Waals surface area (Å²) in [5.74, 6) is 0.658. The predicted molar refractivity (Wildman–Crippen MR) is 87.3 cm³/mol. The summed E-state index contributed by atoms with van der Waals surface area (Å²) in [6.45, 7) is 4.18. The zero-order chi connectivity index (χ0) is 15.4. The maximum Gasteiger partial charge on any atom is 0.257 e. The van der Waals surface area contributed by atoms with Gasteiger partial charge < -0.3 is 10.6 Å². The topological polar surface area (TPSA) is 54.0 Å². The van der Waals surface area contributed by atoms with Crippen LogP contribution >= 0.6 is 11.6 Å². The van der Waals surface area contributed by atoms with Crippen LogP contribution in [-0.2, 0) is 0 Å². The Hall–Kier alpha value is -2.07. The number of halogens is 1. The van der Waals surface area contributed by atoms with Crippen LogP contribution in [0.2, 0.25) is 5.02 Å². The summed E-state index contributed by atoms with van der Waals surface area (Å²) in [7, 11) is 1.73. The van der Waals surface area contributed by atoms with Crippen molar-refractivity contribution in [3.63, 3.8) is 0 Å². The van der Waals surface area contributed by atoms with Crippen molar-refractivity contribution in [3.8, 4) is 0 Å². The van der Waals surface area contributed by atoms with Crippen LogP contribution in [0, 0.1) is 0 Å². The van der Waals surface area contributed by atoms with Crippen molar-refractivity contribution < 1.29 is 4.79 Å². The first kappa shape index (κ1) is 15.3. The number of aromatic nitrogens is 1. The van der Waals surface area contributed by atoms with Crippen LogP contribution in [0.15, 0.2) is 36.5 Å². The second-order valence-corrected chi connectivity index (χ2v) is 5.41. The maximum atomic E-state index is 12.3. The zero-order valence-electron chi connectivity index (χ0n) is 12.3. The summed E-state index contributed by atoms with van der Waals surface area (Å²) in [5.41, 5.74) is 2.33. The smallest absolute Gasteiger partial charge is 0.257 e. The predicted octanol–water partition coefficient (Wildman–Crippen LogP) is 4.15. The average Bonchev–Trinajstić information content (AvgIpc) is 2.47. The van der Waals surface area contributed by atoms with Crippen LogP contribution in [0.1, 0.15) is 35.7 Å². The number of amides is 1. The van der Waals surface area contributed by atoms with Crippen LogP contribution in [-0.4, -0.2) is 17.9 Å². The third kappa shape index (κ3) is 3.52. The molecule has 0 saturated heterocycles. The van der Waals surface area contributed by atoms with Gasteiger partial charge in [0.15, 0.2) is 0 Å². The molecular weight excluding hydrogens is 286 g/mol. The fourth-order valence-electron chi connectivity index (χ4n) is 2.05. The molecule has 1 aromatic carbocycles. The summed E-state index contributed by atoms with van der Waals surface area (Å²) >= 11 is 6.05. The molecule has 4 nitrogen and oxygen atoms in total. The fourth-order valence-corrected chi connectivity index (χ4v) is 2.32. The van der Waals surface area contributed by atoms with Crippen LogP contribution < -0.4 is 10.6 Å². The van der Waals surface area contributed by atoms with Gasteiger partial charge >= 0.3 is 0 Å². The van der Waals surface area contributed by atoms with Crippen molar-refractivity contribution in [2.24, 2.45) is 0 Å². The molecule has 2 rings (SSSR count). The molecule has 2 aromatic rings. The monoisotopic (exact) mass is 303 g/mol. The lowest BCUT2D eigenvalue weighted by Gasteiger charge is -2.13. The molecule has 110 valence electrons. The molecule has 21 heavy (non-hydrogen) atoms. The lowest BCUT2D eigenvalue weighted by Crippen LogP contribution is -2.14. The number of pyridine rings is 1. The molecule has 0 aliphatic heterocycles. The molecule has 1 aromatic heterocycles. The number of carbonyl (C=O) groups is 1. The first-order chi connectivity index (χ1) is 10.0. The average molecular weight is 304 g/mol. The summed E-state index contributed by atoms with van der Waals surface area (Å²) in [6, 6.07) is 9.37. The summed E-state index contributed by atoms with van der Waals surface area (Å²) in [5, 5.41) is 6.19. The van der Waals surface area contributed by atoms with Gasteiger partial charge in [-0.25, -0.2) is 4.98 Å². The zero-order valence-corrected chi connectivity index (χ0v) is 13.0. The largest absolute Gasteiger partial charge is 0.372 e. The van der Waals surface area contributed by atoms with E-state index in [1.54, 1.807) is 13.1 Å². The van der Waals surface area contributed by atoms with E-state index in [4.69, 9.17) is 11.6 Å². The molecule has 0 atom stereocenters. The highest BCUT2D eigenvalue weighted by Gasteiger charge is 2.12. The Kier molecular flexibility index (Phi) is 4.81. The normalized spacial score (nSPS) is 10.5. The number of carbonyl (C=O) groups excluding carboxylic acids is 1. The van der Waals surface area contributed by atoms with Gasteiger partial charge in [-0.05, 0) is 23.6 Å². The van der Waals surface area contributed by atoms with Crippen molar-refractivity contribution in [3.05, 3.63) is 52.7 Å². The van der Waals surface area contributed by atoms with Crippen molar-refractivity contribution in [1.82, 2.24) is 4.98 Å². The van der Waals surface area contributed by atoms with Crippen LogP contribution in [0.25, 0.3) is 0 Å². The molecular formula is C16H18ClN3O. The molecule has 0 spiro atoms. The molecule has 0 unspecified atom stereocenters. The Bertz CT molecular complexity index is 656. The number of nitrogens with zero attached hydrogens (tertiary/aromatic N) is 1. The Morgan fingerprint density at radius 3 is 2.62 bits per heavy atom. The molecule has 5 heteroatoms. The van der Waals surface area contributed by atoms with Gasteiger partial charge in [-0.2, -0.15) is 0 Å². The molecule has 1 heterocycles. The number of hydrogen-bond donors (Lipinski definition) is 2. The van der Waals surface area contributed by atoms with Crippen LogP contribution in [0.5, 0.6) is 0 Å². The highest BCUT2D eigenvalue weighted by atomic mass is 35.5. The lowest BCUT2D eigenvalue weighted by molar-refractivity contribution is 0.102. The van der Waals surface area contributed by atoms with Gasteiger partial charge in [-0.1, -0.05) is 43.6 Å². The first-order valence-corrected chi connectivity index (χ1v) is 7.14. The first-order valence-electron chi connectivity index (χ1n) is 6.76. The second kappa shape index (κ2) is 6.59. The van der Waals surface area contributed by atoms with Gasteiger partial charge in [0, 0.05) is 18.9 Å². The highest BCUT2D eigenvalue weighted by Crippen LogP contribution is 2.25. The van der Waals surface area contributed by atoms with Crippen molar-refractivity contribution >= 4 is 29.0 Å².